The lowest BCUT2D eigenvalue weighted by Crippen LogP contribution is -2.34. The molecule has 0 aromatic carbocycles. The first kappa shape index (κ1) is 15.1. The van der Waals surface area contributed by atoms with Gasteiger partial charge < -0.3 is 5.11 Å². The van der Waals surface area contributed by atoms with E-state index in [2.05, 4.69) is 4.98 Å². The molecular weight excluding hydrogens is 270 g/mol. The largest absolute Gasteiger partial charge is 0.481 e. The first-order valence-electron chi connectivity index (χ1n) is 5.35. The number of rotatable bonds is 5. The van der Waals surface area contributed by atoms with Crippen LogP contribution in [0.3, 0.4) is 0 Å². The zero-order valence-electron chi connectivity index (χ0n) is 10.4. The van der Waals surface area contributed by atoms with Gasteiger partial charge in [-0.15, -0.1) is 0 Å². The second kappa shape index (κ2) is 5.77. The zero-order chi connectivity index (χ0) is 14.6. The SMILES string of the molecule is CC(CN(C)S(=O)(=O)c1cccnc1C#N)C(=O)O. The van der Waals surface area contributed by atoms with Gasteiger partial charge in [0.25, 0.3) is 0 Å². The summed E-state index contributed by atoms with van der Waals surface area (Å²) in [5.41, 5.74) is -0.211. The number of nitriles is 1. The zero-order valence-corrected chi connectivity index (χ0v) is 11.3. The lowest BCUT2D eigenvalue weighted by Gasteiger charge is -2.19. The molecule has 1 N–H and O–H groups in total. The van der Waals surface area contributed by atoms with Gasteiger partial charge in [-0.1, -0.05) is 6.92 Å². The van der Waals surface area contributed by atoms with Crippen molar-refractivity contribution in [1.82, 2.24) is 9.29 Å². The van der Waals surface area contributed by atoms with E-state index >= 15 is 0 Å². The van der Waals surface area contributed by atoms with Crippen LogP contribution in [0.15, 0.2) is 23.2 Å². The summed E-state index contributed by atoms with van der Waals surface area (Å²) in [4.78, 5) is 14.2. The molecule has 0 amide bonds. The summed E-state index contributed by atoms with van der Waals surface area (Å²) in [5.74, 6) is -1.93. The number of nitrogens with zero attached hydrogens (tertiary/aromatic N) is 3. The Balaban J connectivity index is 3.11. The number of aliphatic carboxylic acids is 1. The molecule has 1 rings (SSSR count). The molecule has 0 spiro atoms. The van der Waals surface area contributed by atoms with Crippen molar-refractivity contribution in [1.29, 1.82) is 5.26 Å². The highest BCUT2D eigenvalue weighted by Gasteiger charge is 2.27. The minimum Gasteiger partial charge on any atom is -0.481 e. The van der Waals surface area contributed by atoms with Gasteiger partial charge in [0.05, 0.1) is 5.92 Å². The summed E-state index contributed by atoms with van der Waals surface area (Å²) in [6.07, 6.45) is 1.32. The van der Waals surface area contributed by atoms with Crippen LogP contribution in [0.1, 0.15) is 12.6 Å². The summed E-state index contributed by atoms with van der Waals surface area (Å²) in [5, 5.41) is 17.6. The Morgan fingerprint density at radius 1 is 1.63 bits per heavy atom. The van der Waals surface area contributed by atoms with Gasteiger partial charge in [-0.05, 0) is 12.1 Å². The van der Waals surface area contributed by atoms with Crippen LogP contribution < -0.4 is 0 Å². The number of aromatic nitrogens is 1. The molecule has 1 atom stereocenters. The minimum atomic E-state index is -3.93. The van der Waals surface area contributed by atoms with Crippen molar-refractivity contribution in [2.24, 2.45) is 5.92 Å². The molecule has 0 radical (unpaired) electrons. The molecule has 0 aliphatic rings. The van der Waals surface area contributed by atoms with Gasteiger partial charge >= 0.3 is 5.97 Å². The fourth-order valence-corrected chi connectivity index (χ4v) is 2.76. The Hall–Kier alpha value is -1.98. The molecule has 0 saturated heterocycles. The number of hydrogen-bond acceptors (Lipinski definition) is 5. The molecule has 1 heterocycles. The van der Waals surface area contributed by atoms with Crippen molar-refractivity contribution in [2.75, 3.05) is 13.6 Å². The minimum absolute atomic E-state index is 0.183. The van der Waals surface area contributed by atoms with Crippen molar-refractivity contribution >= 4 is 16.0 Å². The Labute approximate surface area is 111 Å². The van der Waals surface area contributed by atoms with Gasteiger partial charge in [-0.2, -0.15) is 9.57 Å². The predicted octanol–water partition coefficient (Wildman–Crippen LogP) is 0.294. The quantitative estimate of drug-likeness (QED) is 0.831. The molecule has 1 aromatic heterocycles. The maximum Gasteiger partial charge on any atom is 0.307 e. The number of sulfonamides is 1. The number of carboxylic acids is 1. The molecule has 19 heavy (non-hydrogen) atoms. The van der Waals surface area contributed by atoms with E-state index in [0.29, 0.717) is 0 Å². The average molecular weight is 283 g/mol. The molecule has 1 aromatic rings. The van der Waals surface area contributed by atoms with E-state index in [4.69, 9.17) is 10.4 Å². The van der Waals surface area contributed by atoms with Gasteiger partial charge in [0.15, 0.2) is 5.69 Å². The fourth-order valence-electron chi connectivity index (χ4n) is 1.41. The fraction of sp³-hybridized carbons (Fsp3) is 0.364. The maximum atomic E-state index is 12.2. The Morgan fingerprint density at radius 3 is 2.79 bits per heavy atom. The predicted molar refractivity (Wildman–Crippen MR) is 65.6 cm³/mol. The highest BCUT2D eigenvalue weighted by Crippen LogP contribution is 2.17. The third-order valence-electron chi connectivity index (χ3n) is 2.52. The Morgan fingerprint density at radius 2 is 2.26 bits per heavy atom. The molecule has 0 fully saturated rings. The van der Waals surface area contributed by atoms with Gasteiger partial charge in [0.1, 0.15) is 11.0 Å². The highest BCUT2D eigenvalue weighted by molar-refractivity contribution is 7.89. The van der Waals surface area contributed by atoms with Crippen LogP contribution >= 0.6 is 0 Å². The number of pyridine rings is 1. The molecule has 7 nitrogen and oxygen atoms in total. The van der Waals surface area contributed by atoms with Crippen molar-refractivity contribution in [3.8, 4) is 6.07 Å². The summed E-state index contributed by atoms with van der Waals surface area (Å²) >= 11 is 0. The van der Waals surface area contributed by atoms with E-state index in [-0.39, 0.29) is 17.1 Å². The molecule has 0 aliphatic heterocycles. The van der Waals surface area contributed by atoms with Crippen LogP contribution in [-0.2, 0) is 14.8 Å². The molecule has 0 saturated carbocycles. The van der Waals surface area contributed by atoms with Crippen molar-refractivity contribution in [3.05, 3.63) is 24.0 Å². The second-order valence-corrected chi connectivity index (χ2v) is 6.00. The molecule has 1 unspecified atom stereocenters. The summed E-state index contributed by atoms with van der Waals surface area (Å²) in [6, 6.07) is 4.37. The van der Waals surface area contributed by atoms with E-state index < -0.39 is 21.9 Å². The van der Waals surface area contributed by atoms with E-state index in [1.807, 2.05) is 0 Å². The van der Waals surface area contributed by atoms with Crippen LogP contribution in [0.4, 0.5) is 0 Å². The molecule has 102 valence electrons. The Bertz CT molecular complexity index is 621. The van der Waals surface area contributed by atoms with Crippen LogP contribution in [0.5, 0.6) is 0 Å². The second-order valence-electron chi connectivity index (χ2n) is 3.99. The summed E-state index contributed by atoms with van der Waals surface area (Å²) < 4.78 is 25.3. The van der Waals surface area contributed by atoms with Crippen LogP contribution in [0.25, 0.3) is 0 Å². The topological polar surface area (TPSA) is 111 Å². The van der Waals surface area contributed by atoms with Crippen molar-refractivity contribution < 1.29 is 18.3 Å². The summed E-state index contributed by atoms with van der Waals surface area (Å²) in [7, 11) is -2.66. The van der Waals surface area contributed by atoms with E-state index in [1.165, 1.54) is 32.3 Å². The molecule has 8 heteroatoms. The third kappa shape index (κ3) is 3.27. The molecular formula is C11H13N3O4S. The number of carboxylic acid groups (broad SMARTS) is 1. The van der Waals surface area contributed by atoms with Crippen LogP contribution in [0, 0.1) is 17.2 Å². The van der Waals surface area contributed by atoms with E-state index in [0.717, 1.165) is 4.31 Å². The number of hydrogen-bond donors (Lipinski definition) is 1. The van der Waals surface area contributed by atoms with E-state index in [1.54, 1.807) is 6.07 Å². The molecule has 0 aliphatic carbocycles. The molecule has 0 bridgehead atoms. The first-order chi connectivity index (χ1) is 8.80. The average Bonchev–Trinajstić information content (AvgIpc) is 2.38. The van der Waals surface area contributed by atoms with Crippen LogP contribution in [0.2, 0.25) is 0 Å². The van der Waals surface area contributed by atoms with Gasteiger partial charge in [0.2, 0.25) is 10.0 Å². The van der Waals surface area contributed by atoms with Gasteiger partial charge in [0, 0.05) is 19.8 Å². The first-order valence-corrected chi connectivity index (χ1v) is 6.79. The monoisotopic (exact) mass is 283 g/mol. The van der Waals surface area contributed by atoms with E-state index in [9.17, 15) is 13.2 Å². The summed E-state index contributed by atoms with van der Waals surface area (Å²) in [6.45, 7) is 1.22. The van der Waals surface area contributed by atoms with Gasteiger partial charge in [-0.25, -0.2) is 13.4 Å². The third-order valence-corrected chi connectivity index (χ3v) is 4.37. The maximum absolute atomic E-state index is 12.2. The normalized spacial score (nSPS) is 12.9. The lowest BCUT2D eigenvalue weighted by molar-refractivity contribution is -0.141. The number of carbonyl (C=O) groups is 1. The van der Waals surface area contributed by atoms with Crippen molar-refractivity contribution in [3.63, 3.8) is 0 Å². The van der Waals surface area contributed by atoms with Crippen LogP contribution in [-0.4, -0.2) is 42.4 Å². The van der Waals surface area contributed by atoms with Crippen molar-refractivity contribution in [2.45, 2.75) is 11.8 Å². The smallest absolute Gasteiger partial charge is 0.307 e. The van der Waals surface area contributed by atoms with Gasteiger partial charge in [-0.3, -0.25) is 4.79 Å². The lowest BCUT2D eigenvalue weighted by atomic mass is 10.2. The standard InChI is InChI=1S/C11H13N3O4S/c1-8(11(15)16)7-14(2)19(17,18)10-4-3-5-13-9(10)6-12/h3-5,8H,7H2,1-2H3,(H,15,16). The Kier molecular flexibility index (Phi) is 4.58. The highest BCUT2D eigenvalue weighted by atomic mass is 32.2.